The molecule has 1 fully saturated rings. The summed E-state index contributed by atoms with van der Waals surface area (Å²) in [5, 5.41) is 12.1. The second kappa shape index (κ2) is 5.50. The number of benzene rings is 1. The van der Waals surface area contributed by atoms with Crippen LogP contribution in [-0.4, -0.2) is 36.8 Å². The molecule has 1 saturated heterocycles. The minimum atomic E-state index is -0.260. The smallest absolute Gasteiger partial charge is 0.244 e. The predicted molar refractivity (Wildman–Crippen MR) is 71.8 cm³/mol. The third-order valence-electron chi connectivity index (χ3n) is 3.35. The van der Waals surface area contributed by atoms with E-state index in [0.29, 0.717) is 13.0 Å². The van der Waals surface area contributed by atoms with E-state index in [1.54, 1.807) is 0 Å². The summed E-state index contributed by atoms with van der Waals surface area (Å²) in [6.45, 7) is 5.56. The first kappa shape index (κ1) is 13.1. The molecule has 0 aromatic heterocycles. The van der Waals surface area contributed by atoms with Gasteiger partial charge in [0, 0.05) is 25.4 Å². The number of aliphatic hydroxyl groups excluding tert-OH is 1. The monoisotopic (exact) mass is 248 g/mol. The van der Waals surface area contributed by atoms with Crippen molar-refractivity contribution in [3.63, 3.8) is 0 Å². The van der Waals surface area contributed by atoms with Gasteiger partial charge in [-0.15, -0.1) is 0 Å². The van der Waals surface area contributed by atoms with Crippen molar-refractivity contribution in [3.05, 3.63) is 29.3 Å². The first-order chi connectivity index (χ1) is 8.63. The van der Waals surface area contributed by atoms with Crippen LogP contribution in [0.4, 0.5) is 5.69 Å². The Bertz CT molecular complexity index is 443. The van der Waals surface area contributed by atoms with Crippen molar-refractivity contribution in [3.8, 4) is 0 Å². The van der Waals surface area contributed by atoms with Gasteiger partial charge in [0.2, 0.25) is 5.91 Å². The van der Waals surface area contributed by atoms with Crippen molar-refractivity contribution in [1.29, 1.82) is 0 Å². The van der Waals surface area contributed by atoms with Crippen molar-refractivity contribution >= 4 is 11.6 Å². The van der Waals surface area contributed by atoms with Crippen LogP contribution in [0.3, 0.4) is 0 Å². The third-order valence-corrected chi connectivity index (χ3v) is 3.35. The highest BCUT2D eigenvalue weighted by Crippen LogP contribution is 2.23. The topological polar surface area (TPSA) is 52.6 Å². The molecule has 1 aromatic rings. The van der Waals surface area contributed by atoms with Crippen molar-refractivity contribution in [1.82, 2.24) is 5.32 Å². The first-order valence-corrected chi connectivity index (χ1v) is 6.36. The molecule has 2 N–H and O–H groups in total. The molecule has 1 aliphatic heterocycles. The summed E-state index contributed by atoms with van der Waals surface area (Å²) >= 11 is 0. The summed E-state index contributed by atoms with van der Waals surface area (Å²) in [6, 6.07) is 5.86. The van der Waals surface area contributed by atoms with Gasteiger partial charge in [-0.3, -0.25) is 4.79 Å². The Labute approximate surface area is 108 Å². The van der Waals surface area contributed by atoms with Crippen LogP contribution in [-0.2, 0) is 4.79 Å². The van der Waals surface area contributed by atoms with Gasteiger partial charge in [0.05, 0.1) is 6.04 Å². The van der Waals surface area contributed by atoms with E-state index in [1.807, 2.05) is 30.9 Å². The van der Waals surface area contributed by atoms with E-state index in [9.17, 15) is 4.79 Å². The molecule has 1 heterocycles. The quantitative estimate of drug-likeness (QED) is 0.838. The van der Waals surface area contributed by atoms with Crippen molar-refractivity contribution in [2.75, 3.05) is 24.6 Å². The third kappa shape index (κ3) is 2.54. The fourth-order valence-corrected chi connectivity index (χ4v) is 2.44. The standard InChI is InChI=1S/C14H20N2O2/c1-10-3-4-13(11(2)9-10)16-7-6-15-12(5-8-17)14(16)18/h3-4,9,12,15,17H,5-8H2,1-2H3. The highest BCUT2D eigenvalue weighted by molar-refractivity contribution is 5.98. The SMILES string of the molecule is Cc1ccc(N2CCNC(CCO)C2=O)c(C)c1. The second-order valence-corrected chi connectivity index (χ2v) is 4.80. The fraction of sp³-hybridized carbons (Fsp3) is 0.500. The number of nitrogens with zero attached hydrogens (tertiary/aromatic N) is 1. The lowest BCUT2D eigenvalue weighted by Crippen LogP contribution is -2.55. The number of piperazine rings is 1. The molecular weight excluding hydrogens is 228 g/mol. The van der Waals surface area contributed by atoms with Crippen LogP contribution in [0.25, 0.3) is 0 Å². The van der Waals surface area contributed by atoms with Crippen molar-refractivity contribution in [2.24, 2.45) is 0 Å². The van der Waals surface area contributed by atoms with Gasteiger partial charge in [0.25, 0.3) is 0 Å². The van der Waals surface area contributed by atoms with Crippen LogP contribution in [0, 0.1) is 13.8 Å². The molecule has 0 spiro atoms. The number of rotatable bonds is 3. The summed E-state index contributed by atoms with van der Waals surface area (Å²) in [6.07, 6.45) is 0.472. The highest BCUT2D eigenvalue weighted by Gasteiger charge is 2.29. The van der Waals surface area contributed by atoms with Crippen LogP contribution in [0.1, 0.15) is 17.5 Å². The van der Waals surface area contributed by atoms with Gasteiger partial charge in [-0.25, -0.2) is 0 Å². The van der Waals surface area contributed by atoms with Gasteiger partial charge < -0.3 is 15.3 Å². The maximum absolute atomic E-state index is 12.3. The van der Waals surface area contributed by atoms with E-state index in [2.05, 4.69) is 11.4 Å². The molecular formula is C14H20N2O2. The van der Waals surface area contributed by atoms with Crippen LogP contribution in [0.2, 0.25) is 0 Å². The number of hydrogen-bond donors (Lipinski definition) is 2. The fourth-order valence-electron chi connectivity index (χ4n) is 2.44. The lowest BCUT2D eigenvalue weighted by molar-refractivity contribution is -0.122. The second-order valence-electron chi connectivity index (χ2n) is 4.80. The molecule has 1 unspecified atom stereocenters. The van der Waals surface area contributed by atoms with Gasteiger partial charge in [0.1, 0.15) is 0 Å². The number of carbonyl (C=O) groups is 1. The number of hydrogen-bond acceptors (Lipinski definition) is 3. The molecule has 1 atom stereocenters. The van der Waals surface area contributed by atoms with E-state index in [1.165, 1.54) is 5.56 Å². The first-order valence-electron chi connectivity index (χ1n) is 6.36. The van der Waals surface area contributed by atoms with Crippen LogP contribution in [0.5, 0.6) is 0 Å². The Balaban J connectivity index is 2.24. The van der Waals surface area contributed by atoms with Gasteiger partial charge in [-0.1, -0.05) is 17.7 Å². The molecule has 0 radical (unpaired) electrons. The van der Waals surface area contributed by atoms with Gasteiger partial charge in [-0.05, 0) is 31.9 Å². The summed E-state index contributed by atoms with van der Waals surface area (Å²) in [5.41, 5.74) is 3.30. The highest BCUT2D eigenvalue weighted by atomic mass is 16.3. The number of aryl methyl sites for hydroxylation is 2. The Morgan fingerprint density at radius 3 is 2.89 bits per heavy atom. The summed E-state index contributed by atoms with van der Waals surface area (Å²) in [7, 11) is 0. The molecule has 2 rings (SSSR count). The number of amides is 1. The lowest BCUT2D eigenvalue weighted by atomic mass is 10.1. The molecule has 4 nitrogen and oxygen atoms in total. The molecule has 0 bridgehead atoms. The maximum Gasteiger partial charge on any atom is 0.244 e. The number of anilines is 1. The Morgan fingerprint density at radius 1 is 1.44 bits per heavy atom. The zero-order chi connectivity index (χ0) is 13.1. The predicted octanol–water partition coefficient (Wildman–Crippen LogP) is 0.991. The molecule has 0 saturated carbocycles. The molecule has 4 heteroatoms. The van der Waals surface area contributed by atoms with Gasteiger partial charge in [0.15, 0.2) is 0 Å². The number of nitrogens with one attached hydrogen (secondary N) is 1. The van der Waals surface area contributed by atoms with Crippen molar-refractivity contribution in [2.45, 2.75) is 26.3 Å². The minimum Gasteiger partial charge on any atom is -0.396 e. The zero-order valence-corrected chi connectivity index (χ0v) is 10.9. The Morgan fingerprint density at radius 2 is 2.22 bits per heavy atom. The number of aliphatic hydroxyl groups is 1. The summed E-state index contributed by atoms with van der Waals surface area (Å²) < 4.78 is 0. The van der Waals surface area contributed by atoms with E-state index < -0.39 is 0 Å². The van der Waals surface area contributed by atoms with Crippen LogP contribution in [0.15, 0.2) is 18.2 Å². The molecule has 1 amide bonds. The average molecular weight is 248 g/mol. The van der Waals surface area contributed by atoms with Gasteiger partial charge >= 0.3 is 0 Å². The molecule has 98 valence electrons. The molecule has 0 aliphatic carbocycles. The maximum atomic E-state index is 12.3. The molecule has 1 aliphatic rings. The minimum absolute atomic E-state index is 0.0319. The average Bonchev–Trinajstić information content (AvgIpc) is 2.33. The zero-order valence-electron chi connectivity index (χ0n) is 10.9. The Kier molecular flexibility index (Phi) is 3.99. The van der Waals surface area contributed by atoms with E-state index in [-0.39, 0.29) is 18.6 Å². The lowest BCUT2D eigenvalue weighted by Gasteiger charge is -2.34. The molecule has 18 heavy (non-hydrogen) atoms. The van der Waals surface area contributed by atoms with E-state index in [0.717, 1.165) is 17.8 Å². The summed E-state index contributed by atoms with van der Waals surface area (Å²) in [4.78, 5) is 14.1. The Hall–Kier alpha value is -1.39. The van der Waals surface area contributed by atoms with Crippen molar-refractivity contribution < 1.29 is 9.90 Å². The van der Waals surface area contributed by atoms with Crippen LogP contribution < -0.4 is 10.2 Å². The normalized spacial score (nSPS) is 20.3. The largest absolute Gasteiger partial charge is 0.396 e. The van der Waals surface area contributed by atoms with E-state index in [4.69, 9.17) is 5.11 Å². The van der Waals surface area contributed by atoms with E-state index >= 15 is 0 Å². The molecule has 1 aromatic carbocycles. The van der Waals surface area contributed by atoms with Crippen LogP contribution >= 0.6 is 0 Å². The summed E-state index contributed by atoms with van der Waals surface area (Å²) in [5.74, 6) is 0.0576. The van der Waals surface area contributed by atoms with Gasteiger partial charge in [-0.2, -0.15) is 0 Å². The number of carbonyl (C=O) groups excluding carboxylic acids is 1.